The van der Waals surface area contributed by atoms with E-state index >= 15 is 0 Å². The third kappa shape index (κ3) is 2.57. The van der Waals surface area contributed by atoms with E-state index in [2.05, 4.69) is 5.32 Å². The second-order valence-electron chi connectivity index (χ2n) is 8.41. The number of likely N-dealkylation sites (tertiary alicyclic amines) is 1. The molecule has 3 fully saturated rings. The number of alkyl halides is 3. The maximum atomic E-state index is 13.2. The van der Waals surface area contributed by atoms with Crippen LogP contribution in [0, 0.1) is 35.5 Å². The Labute approximate surface area is 164 Å². The van der Waals surface area contributed by atoms with Crippen molar-refractivity contribution in [1.29, 1.82) is 0 Å². The smallest absolute Gasteiger partial charge is 0.324 e. The van der Waals surface area contributed by atoms with Crippen LogP contribution in [0.15, 0.2) is 36.4 Å². The molecule has 4 aliphatic carbocycles. The van der Waals surface area contributed by atoms with Crippen LogP contribution < -0.4 is 5.32 Å². The Morgan fingerprint density at radius 2 is 1.62 bits per heavy atom. The first-order valence-electron chi connectivity index (χ1n) is 9.72. The Bertz CT molecular complexity index is 921. The fourth-order valence-electron chi connectivity index (χ4n) is 5.56. The summed E-state index contributed by atoms with van der Waals surface area (Å²) in [5, 5.41) is 2.25. The largest absolute Gasteiger partial charge is 0.418 e. The molecule has 3 amide bonds. The number of allylic oxidation sites excluding steroid dienone is 2. The summed E-state index contributed by atoms with van der Waals surface area (Å²) in [7, 11) is 0. The van der Waals surface area contributed by atoms with Crippen molar-refractivity contribution in [3.8, 4) is 0 Å². The van der Waals surface area contributed by atoms with Gasteiger partial charge in [0.1, 0.15) is 6.04 Å². The van der Waals surface area contributed by atoms with Gasteiger partial charge >= 0.3 is 6.18 Å². The third-order valence-electron chi connectivity index (χ3n) is 6.95. The summed E-state index contributed by atoms with van der Waals surface area (Å²) in [5.74, 6) is -1.54. The van der Waals surface area contributed by atoms with Gasteiger partial charge in [-0.05, 0) is 49.1 Å². The molecule has 7 atom stereocenters. The van der Waals surface area contributed by atoms with Gasteiger partial charge < -0.3 is 5.32 Å². The zero-order chi connectivity index (χ0) is 20.7. The number of para-hydroxylation sites is 1. The lowest BCUT2D eigenvalue weighted by Gasteiger charge is -2.37. The zero-order valence-corrected chi connectivity index (χ0v) is 15.5. The number of carbonyl (C=O) groups is 3. The summed E-state index contributed by atoms with van der Waals surface area (Å²) in [6.45, 7) is 1.38. The highest BCUT2D eigenvalue weighted by Crippen LogP contribution is 2.65. The van der Waals surface area contributed by atoms with Gasteiger partial charge in [-0.3, -0.25) is 19.3 Å². The monoisotopic (exact) mass is 404 g/mol. The van der Waals surface area contributed by atoms with E-state index in [-0.39, 0.29) is 23.7 Å². The van der Waals surface area contributed by atoms with Crippen LogP contribution in [0.2, 0.25) is 0 Å². The molecule has 0 spiro atoms. The number of anilines is 1. The van der Waals surface area contributed by atoms with E-state index in [1.54, 1.807) is 0 Å². The lowest BCUT2D eigenvalue weighted by Crippen LogP contribution is -2.46. The van der Waals surface area contributed by atoms with Crippen LogP contribution >= 0.6 is 0 Å². The van der Waals surface area contributed by atoms with Crippen LogP contribution in [0.25, 0.3) is 0 Å². The number of hydrogen-bond donors (Lipinski definition) is 1. The van der Waals surface area contributed by atoms with Crippen molar-refractivity contribution in [1.82, 2.24) is 4.90 Å². The zero-order valence-electron chi connectivity index (χ0n) is 15.5. The molecule has 1 aliphatic heterocycles. The van der Waals surface area contributed by atoms with Gasteiger partial charge in [0, 0.05) is 0 Å². The maximum Gasteiger partial charge on any atom is 0.418 e. The molecule has 1 saturated heterocycles. The molecule has 29 heavy (non-hydrogen) atoms. The van der Waals surface area contributed by atoms with Gasteiger partial charge in [-0.1, -0.05) is 24.3 Å². The predicted octanol–water partition coefficient (Wildman–Crippen LogP) is 3.09. The van der Waals surface area contributed by atoms with Crippen molar-refractivity contribution in [2.45, 2.75) is 25.6 Å². The van der Waals surface area contributed by atoms with E-state index in [4.69, 9.17) is 0 Å². The molecule has 1 aromatic carbocycles. The molecule has 2 saturated carbocycles. The van der Waals surface area contributed by atoms with E-state index in [1.165, 1.54) is 19.1 Å². The molecule has 5 nitrogen and oxygen atoms in total. The summed E-state index contributed by atoms with van der Waals surface area (Å²) in [6.07, 6.45) is 0.450. The minimum absolute atomic E-state index is 0.0256. The molecule has 8 heteroatoms. The van der Waals surface area contributed by atoms with Gasteiger partial charge in [-0.2, -0.15) is 13.2 Å². The molecule has 1 heterocycles. The van der Waals surface area contributed by atoms with Crippen LogP contribution in [0.1, 0.15) is 18.9 Å². The quantitative estimate of drug-likeness (QED) is 0.622. The fourth-order valence-corrected chi connectivity index (χ4v) is 5.56. The van der Waals surface area contributed by atoms with E-state index < -0.39 is 41.2 Å². The first-order valence-corrected chi connectivity index (χ1v) is 9.72. The minimum atomic E-state index is -4.63. The van der Waals surface area contributed by atoms with Gasteiger partial charge in [0.2, 0.25) is 17.7 Å². The van der Waals surface area contributed by atoms with E-state index in [0.29, 0.717) is 11.8 Å². The normalized spacial score (nSPS) is 35.4. The van der Waals surface area contributed by atoms with Crippen LogP contribution in [-0.2, 0) is 20.6 Å². The summed E-state index contributed by atoms with van der Waals surface area (Å²) in [6, 6.07) is 3.45. The van der Waals surface area contributed by atoms with Crippen molar-refractivity contribution < 1.29 is 27.6 Å². The number of rotatable bonds is 3. The van der Waals surface area contributed by atoms with Crippen LogP contribution in [0.5, 0.6) is 0 Å². The van der Waals surface area contributed by atoms with E-state index in [1.807, 2.05) is 12.2 Å². The summed E-state index contributed by atoms with van der Waals surface area (Å²) in [5.41, 5.74) is -1.37. The number of nitrogens with one attached hydrogen (secondary N) is 1. The topological polar surface area (TPSA) is 66.5 Å². The van der Waals surface area contributed by atoms with Crippen molar-refractivity contribution in [3.63, 3.8) is 0 Å². The number of benzene rings is 1. The van der Waals surface area contributed by atoms with Gasteiger partial charge in [0.15, 0.2) is 0 Å². The molecule has 152 valence electrons. The predicted molar refractivity (Wildman–Crippen MR) is 96.1 cm³/mol. The second-order valence-corrected chi connectivity index (χ2v) is 8.41. The van der Waals surface area contributed by atoms with Gasteiger partial charge in [0.05, 0.1) is 23.1 Å². The van der Waals surface area contributed by atoms with E-state index in [9.17, 15) is 27.6 Å². The van der Waals surface area contributed by atoms with Crippen molar-refractivity contribution in [2.75, 3.05) is 5.32 Å². The minimum Gasteiger partial charge on any atom is -0.324 e. The maximum absolute atomic E-state index is 13.2. The molecule has 0 radical (unpaired) electrons. The molecule has 2 bridgehead atoms. The lowest BCUT2D eigenvalue weighted by atomic mass is 9.63. The van der Waals surface area contributed by atoms with Crippen molar-refractivity contribution in [2.24, 2.45) is 35.5 Å². The van der Waals surface area contributed by atoms with Crippen LogP contribution in [0.4, 0.5) is 18.9 Å². The highest BCUT2D eigenvalue weighted by molar-refractivity contribution is 6.10. The van der Waals surface area contributed by atoms with Crippen molar-refractivity contribution >= 4 is 23.4 Å². The SMILES string of the molecule is C[C@H](C(=O)Nc1ccccc1C(F)(F)F)N1C(=O)[C@@H]2[C@H]3C=C[C@@H]([C@@H]4C[C@@H]34)[C@@H]2C1=O. The average molecular weight is 404 g/mol. The standard InChI is InChI=1S/C21H19F3N2O3/c1-9(18(27)25-15-5-3-2-4-14(15)21(22,23)24)26-19(28)16-10-6-7-11(13-8-12(10)13)17(16)20(26)29/h2-7,9-13,16-17H,8H2,1H3,(H,25,27)/t9-,10+,11+,12+,13+,16-,17+/m1/s1. The Kier molecular flexibility index (Phi) is 3.76. The molecule has 6 rings (SSSR count). The Morgan fingerprint density at radius 3 is 2.17 bits per heavy atom. The lowest BCUT2D eigenvalue weighted by molar-refractivity contribution is -0.146. The van der Waals surface area contributed by atoms with E-state index in [0.717, 1.165) is 23.5 Å². The van der Waals surface area contributed by atoms with Gasteiger partial charge in [-0.15, -0.1) is 0 Å². The number of carbonyl (C=O) groups excluding carboxylic acids is 3. The third-order valence-corrected chi connectivity index (χ3v) is 6.95. The Hall–Kier alpha value is -2.64. The van der Waals surface area contributed by atoms with Crippen LogP contribution in [-0.4, -0.2) is 28.7 Å². The molecular formula is C21H19F3N2O3. The Balaban J connectivity index is 1.38. The molecule has 5 aliphatic rings. The molecule has 1 aromatic rings. The van der Waals surface area contributed by atoms with Crippen molar-refractivity contribution in [3.05, 3.63) is 42.0 Å². The highest BCUT2D eigenvalue weighted by Gasteiger charge is 2.67. The molecule has 0 unspecified atom stereocenters. The number of nitrogens with zero attached hydrogens (tertiary/aromatic N) is 1. The first-order chi connectivity index (χ1) is 13.7. The highest BCUT2D eigenvalue weighted by atomic mass is 19.4. The summed E-state index contributed by atoms with van der Waals surface area (Å²) >= 11 is 0. The second kappa shape index (κ2) is 5.93. The van der Waals surface area contributed by atoms with Crippen LogP contribution in [0.3, 0.4) is 0 Å². The molecular weight excluding hydrogens is 385 g/mol. The number of halogens is 3. The molecule has 0 aromatic heterocycles. The molecule has 1 N–H and O–H groups in total. The van der Waals surface area contributed by atoms with Gasteiger partial charge in [-0.25, -0.2) is 0 Å². The Morgan fingerprint density at radius 1 is 1.07 bits per heavy atom. The average Bonchev–Trinajstić information content (AvgIpc) is 3.45. The summed E-state index contributed by atoms with van der Waals surface area (Å²) < 4.78 is 39.5. The van der Waals surface area contributed by atoms with Gasteiger partial charge in [0.25, 0.3) is 0 Å². The number of amides is 3. The number of imide groups is 1. The number of hydrogen-bond acceptors (Lipinski definition) is 3. The fraction of sp³-hybridized carbons (Fsp3) is 0.476. The first kappa shape index (κ1) is 18.4. The summed E-state index contributed by atoms with van der Waals surface area (Å²) in [4.78, 5) is 39.7.